The van der Waals surface area contributed by atoms with Crippen molar-refractivity contribution in [3.05, 3.63) is 59.2 Å². The van der Waals surface area contributed by atoms with Gasteiger partial charge < -0.3 is 15.4 Å². The number of alkyl halides is 3. The monoisotopic (exact) mass is 525 g/mol. The minimum absolute atomic E-state index is 0.173. The fourth-order valence-corrected chi connectivity index (χ4v) is 5.47. The summed E-state index contributed by atoms with van der Waals surface area (Å²) in [6, 6.07) is 8.29. The molecule has 11 heteroatoms. The minimum Gasteiger partial charge on any atom is -0.493 e. The van der Waals surface area contributed by atoms with Crippen LogP contribution in [-0.4, -0.2) is 33.5 Å². The van der Waals surface area contributed by atoms with Crippen molar-refractivity contribution >= 4 is 15.9 Å². The number of carbonyl (C=O) groups is 1. The number of hydrogen-bond donors (Lipinski definition) is 3. The van der Waals surface area contributed by atoms with Crippen molar-refractivity contribution in [1.29, 1.82) is 0 Å². The Kier molecular flexibility index (Phi) is 7.91. The highest BCUT2D eigenvalue weighted by Crippen LogP contribution is 2.33. The highest BCUT2D eigenvalue weighted by atomic mass is 32.2. The average molecular weight is 526 g/mol. The summed E-state index contributed by atoms with van der Waals surface area (Å²) in [5, 5.41) is 6.37. The van der Waals surface area contributed by atoms with Gasteiger partial charge in [-0.2, -0.15) is 13.2 Å². The first-order chi connectivity index (χ1) is 17.0. The first-order valence-electron chi connectivity index (χ1n) is 12.0. The lowest BCUT2D eigenvalue weighted by molar-refractivity contribution is -0.137. The lowest BCUT2D eigenvalue weighted by atomic mass is 9.98. The Labute approximate surface area is 208 Å². The molecule has 1 saturated carbocycles. The Hall–Kier alpha value is -2.63. The van der Waals surface area contributed by atoms with Crippen LogP contribution in [0.5, 0.6) is 5.75 Å². The molecule has 0 unspecified atom stereocenters. The summed E-state index contributed by atoms with van der Waals surface area (Å²) in [6.07, 6.45) is -1.69. The summed E-state index contributed by atoms with van der Waals surface area (Å²) in [6.45, 7) is 3.68. The van der Waals surface area contributed by atoms with Gasteiger partial charge in [0.1, 0.15) is 5.75 Å². The summed E-state index contributed by atoms with van der Waals surface area (Å²) in [4.78, 5) is 12.2. The van der Waals surface area contributed by atoms with Crippen molar-refractivity contribution in [3.8, 4) is 5.75 Å². The van der Waals surface area contributed by atoms with Gasteiger partial charge in [-0.25, -0.2) is 13.1 Å². The Morgan fingerprint density at radius 2 is 1.92 bits per heavy atom. The maximum absolute atomic E-state index is 12.9. The van der Waals surface area contributed by atoms with Crippen LogP contribution in [0.4, 0.5) is 13.2 Å². The lowest BCUT2D eigenvalue weighted by Gasteiger charge is -2.27. The van der Waals surface area contributed by atoms with Crippen molar-refractivity contribution in [2.45, 2.75) is 62.3 Å². The second-order valence-corrected chi connectivity index (χ2v) is 11.2. The Morgan fingerprint density at radius 1 is 1.14 bits per heavy atom. The Morgan fingerprint density at radius 3 is 2.64 bits per heavy atom. The summed E-state index contributed by atoms with van der Waals surface area (Å²) in [5.41, 5.74) is 0.896. The van der Waals surface area contributed by atoms with Gasteiger partial charge in [-0.05, 0) is 62.1 Å². The molecule has 1 aliphatic heterocycles. The van der Waals surface area contributed by atoms with Gasteiger partial charge >= 0.3 is 6.18 Å². The smallest absolute Gasteiger partial charge is 0.416 e. The van der Waals surface area contributed by atoms with E-state index in [-0.39, 0.29) is 18.4 Å². The van der Waals surface area contributed by atoms with E-state index in [1.54, 1.807) is 0 Å². The number of nitrogens with one attached hydrogen (secondary N) is 3. The zero-order valence-corrected chi connectivity index (χ0v) is 20.7. The molecule has 7 nitrogen and oxygen atoms in total. The number of carbonyl (C=O) groups excluding carboxylic acids is 1. The minimum atomic E-state index is -4.66. The third-order valence-corrected chi connectivity index (χ3v) is 7.82. The number of fused-ring (bicyclic) bond motifs is 1. The van der Waals surface area contributed by atoms with Crippen LogP contribution in [0.2, 0.25) is 0 Å². The molecule has 1 amide bonds. The molecule has 2 atom stereocenters. The third kappa shape index (κ3) is 6.98. The van der Waals surface area contributed by atoms with Crippen molar-refractivity contribution in [1.82, 2.24) is 15.4 Å². The average Bonchev–Trinajstić information content (AvgIpc) is 3.62. The van der Waals surface area contributed by atoms with Gasteiger partial charge in [-0.15, -0.1) is 0 Å². The zero-order chi connectivity index (χ0) is 25.9. The number of halogens is 3. The molecule has 2 aromatic rings. The van der Waals surface area contributed by atoms with Crippen molar-refractivity contribution in [3.63, 3.8) is 0 Å². The summed E-state index contributed by atoms with van der Waals surface area (Å²) < 4.78 is 72.1. The van der Waals surface area contributed by atoms with Crippen LogP contribution < -0.4 is 20.1 Å². The predicted molar refractivity (Wildman–Crippen MR) is 128 cm³/mol. The summed E-state index contributed by atoms with van der Waals surface area (Å²) in [5.74, 6) is 1.13. The Bertz CT molecular complexity index is 1200. The molecule has 2 aromatic carbocycles. The number of rotatable bonds is 10. The van der Waals surface area contributed by atoms with Gasteiger partial charge in [0.25, 0.3) is 0 Å². The molecule has 0 saturated heterocycles. The SMILES string of the molecule is C[C@@H](CC(=O)N[C@@H]1CCOc2cc(CNCC3CC3)ccc21)NS(=O)(=O)c1cccc(C(F)(F)F)c1. The molecule has 1 fully saturated rings. The molecular weight excluding hydrogens is 495 g/mol. The maximum Gasteiger partial charge on any atom is 0.416 e. The number of ether oxygens (including phenoxy) is 1. The highest BCUT2D eigenvalue weighted by Gasteiger charge is 2.32. The fourth-order valence-electron chi connectivity index (χ4n) is 4.18. The molecule has 4 rings (SSSR count). The number of sulfonamides is 1. The van der Waals surface area contributed by atoms with Gasteiger partial charge in [0.05, 0.1) is 23.1 Å². The highest BCUT2D eigenvalue weighted by molar-refractivity contribution is 7.89. The molecule has 1 heterocycles. The van der Waals surface area contributed by atoms with Crippen LogP contribution in [0.1, 0.15) is 55.3 Å². The van der Waals surface area contributed by atoms with Gasteiger partial charge in [-0.1, -0.05) is 18.2 Å². The first kappa shape index (κ1) is 26.4. The summed E-state index contributed by atoms with van der Waals surface area (Å²) >= 11 is 0. The van der Waals surface area contributed by atoms with Crippen LogP contribution >= 0.6 is 0 Å². The second-order valence-electron chi connectivity index (χ2n) is 9.46. The molecule has 3 N–H and O–H groups in total. The van der Waals surface area contributed by atoms with Crippen LogP contribution in [0.15, 0.2) is 47.4 Å². The van der Waals surface area contributed by atoms with E-state index in [0.29, 0.717) is 19.1 Å². The molecule has 2 aliphatic rings. The molecule has 0 spiro atoms. The molecule has 0 aromatic heterocycles. The van der Waals surface area contributed by atoms with Crippen LogP contribution in [0, 0.1) is 5.92 Å². The number of benzene rings is 2. The van der Waals surface area contributed by atoms with Crippen LogP contribution in [0.3, 0.4) is 0 Å². The summed E-state index contributed by atoms with van der Waals surface area (Å²) in [7, 11) is -4.24. The molecule has 196 valence electrons. The number of hydrogen-bond acceptors (Lipinski definition) is 5. The second kappa shape index (κ2) is 10.8. The van der Waals surface area contributed by atoms with E-state index in [2.05, 4.69) is 15.4 Å². The van der Waals surface area contributed by atoms with E-state index in [0.717, 1.165) is 54.1 Å². The largest absolute Gasteiger partial charge is 0.493 e. The zero-order valence-electron chi connectivity index (χ0n) is 19.9. The van der Waals surface area contributed by atoms with E-state index in [1.807, 2.05) is 18.2 Å². The van der Waals surface area contributed by atoms with E-state index >= 15 is 0 Å². The number of amides is 1. The van der Waals surface area contributed by atoms with Crippen LogP contribution in [-0.2, 0) is 27.5 Å². The normalized spacial score (nSPS) is 18.7. The van der Waals surface area contributed by atoms with E-state index in [9.17, 15) is 26.4 Å². The maximum atomic E-state index is 12.9. The van der Waals surface area contributed by atoms with E-state index in [1.165, 1.54) is 19.8 Å². The van der Waals surface area contributed by atoms with Crippen molar-refractivity contribution in [2.24, 2.45) is 5.92 Å². The van der Waals surface area contributed by atoms with E-state index < -0.39 is 32.7 Å². The van der Waals surface area contributed by atoms with Gasteiger partial charge in [-0.3, -0.25) is 4.79 Å². The molecular formula is C25H30F3N3O4S. The lowest BCUT2D eigenvalue weighted by Crippen LogP contribution is -2.39. The topological polar surface area (TPSA) is 96.5 Å². The molecule has 1 aliphatic carbocycles. The van der Waals surface area contributed by atoms with Gasteiger partial charge in [0, 0.05) is 31.0 Å². The quantitative estimate of drug-likeness (QED) is 0.437. The third-order valence-electron chi connectivity index (χ3n) is 6.23. The predicted octanol–water partition coefficient (Wildman–Crippen LogP) is 3.90. The van der Waals surface area contributed by atoms with Crippen molar-refractivity contribution < 1.29 is 31.1 Å². The van der Waals surface area contributed by atoms with Crippen molar-refractivity contribution in [2.75, 3.05) is 13.2 Å². The van der Waals surface area contributed by atoms with Gasteiger partial charge in [0.15, 0.2) is 0 Å². The molecule has 0 radical (unpaired) electrons. The van der Waals surface area contributed by atoms with E-state index in [4.69, 9.17) is 4.74 Å². The standard InChI is InChI=1S/C25H30F3N3O4S/c1-16(31-36(33,34)20-4-2-3-19(13-20)25(26,27)28)11-24(32)30-22-9-10-35-23-12-18(7-8-21(22)23)15-29-14-17-5-6-17/h2-4,7-8,12-13,16-17,22,29,31H,5-6,9-11,14-15H2,1H3,(H,30,32)/t16-,22+/m0/s1. The van der Waals surface area contributed by atoms with Gasteiger partial charge in [0.2, 0.25) is 15.9 Å². The first-order valence-corrected chi connectivity index (χ1v) is 13.4. The Balaban J connectivity index is 1.33. The fraction of sp³-hybridized carbons (Fsp3) is 0.480. The van der Waals surface area contributed by atoms with Crippen LogP contribution in [0.25, 0.3) is 0 Å². The molecule has 36 heavy (non-hydrogen) atoms. The molecule has 0 bridgehead atoms.